The van der Waals surface area contributed by atoms with Crippen molar-refractivity contribution >= 4 is 44.7 Å². The second-order valence-electron chi connectivity index (χ2n) is 26.4. The average molecular weight is 1190 g/mol. The first-order valence-electron chi connectivity index (χ1n) is 27.5. The van der Waals surface area contributed by atoms with Crippen molar-refractivity contribution in [1.82, 2.24) is 0 Å². The number of halogens is 4. The van der Waals surface area contributed by atoms with Crippen LogP contribution in [0.4, 0.5) is 8.78 Å². The van der Waals surface area contributed by atoms with Crippen molar-refractivity contribution in [2.24, 2.45) is 0 Å². The van der Waals surface area contributed by atoms with Gasteiger partial charge in [0.1, 0.15) is 17.7 Å². The molecule has 8 aromatic carbocycles. The fraction of sp³-hybridized carbons (Fsp3) is 0.342. The van der Waals surface area contributed by atoms with Gasteiger partial charge >= 0.3 is 0 Å². The van der Waals surface area contributed by atoms with Gasteiger partial charge in [-0.25, -0.2) is 8.78 Å². The van der Waals surface area contributed by atoms with Crippen molar-refractivity contribution in [3.63, 3.8) is 0 Å². The third kappa shape index (κ3) is 21.9. The Balaban J connectivity index is 0.000000516. The molecule has 0 fully saturated rings. The highest BCUT2D eigenvalue weighted by Gasteiger charge is 2.22. The molecule has 10 heteroatoms. The van der Waals surface area contributed by atoms with Gasteiger partial charge in [0, 0.05) is 5.02 Å². The van der Waals surface area contributed by atoms with Crippen LogP contribution in [-0.2, 0) is 32.5 Å². The lowest BCUT2D eigenvalue weighted by Crippen LogP contribution is -2.13. The van der Waals surface area contributed by atoms with Crippen LogP contribution in [0.25, 0.3) is 21.5 Å². The quantitative estimate of drug-likeness (QED) is 0.148. The maximum Gasteiger partial charge on any atom is 0.128 e. The monoisotopic (exact) mass is 1190 g/mol. The standard InChI is InChI=1S/C15H14FN.C15H15N.2C11H12ClN.C11H12FN.C11H13N.2CH4/c1-15(2,3)14-7-4-10(9-17)12-6-5-11(16)8-13(12)14;1-15(2,3)14-9-8-11(10-16)12-6-4-5-7-13(12)14;1-11(2,3)9-5-4-8(7-13)10(12)6-9;2*1-11(2,3)9-5-4-8(7-13)6-10(9)12;1-11(2,3)10-6-4-9(8-12)5-7-10;;/h4-8H,1-3H3;4-9H,1-3H3;3*4-6H,1-3H3;4-7H,1-3H3;2*1H4. The SMILES string of the molecule is C.C.CC(C)(C)c1ccc(C#N)c(Cl)c1.CC(C)(C)c1ccc(C#N)c2ccc(F)cc12.CC(C)(C)c1ccc(C#N)c2ccccc12.CC(C)(C)c1ccc(C#N)cc1.CC(C)(C)c1ccc(C#N)cc1Cl.CC(C)(C)c1ccc(C#N)cc1F. The zero-order valence-electron chi connectivity index (χ0n) is 52.1. The third-order valence-corrected chi connectivity index (χ3v) is 14.0. The average Bonchev–Trinajstić information content (AvgIpc) is 1.71. The molecule has 0 N–H and O–H groups in total. The first-order chi connectivity index (χ1) is 38.8. The van der Waals surface area contributed by atoms with Crippen LogP contribution in [0.3, 0.4) is 0 Å². The van der Waals surface area contributed by atoms with Crippen molar-refractivity contribution in [1.29, 1.82) is 31.6 Å². The van der Waals surface area contributed by atoms with Crippen LogP contribution in [0.5, 0.6) is 0 Å². The Morgan fingerprint density at radius 3 is 1.07 bits per heavy atom. The Bertz CT molecular complexity index is 3780. The molecule has 0 aliphatic rings. The van der Waals surface area contributed by atoms with Gasteiger partial charge in [0.05, 0.1) is 68.7 Å². The highest BCUT2D eigenvalue weighted by molar-refractivity contribution is 6.32. The van der Waals surface area contributed by atoms with Gasteiger partial charge in [-0.3, -0.25) is 0 Å². The molecule has 448 valence electrons. The maximum atomic E-state index is 13.4. The minimum atomic E-state index is -0.299. The van der Waals surface area contributed by atoms with E-state index in [-0.39, 0.29) is 59.0 Å². The van der Waals surface area contributed by atoms with Gasteiger partial charge in [0.25, 0.3) is 0 Å². The van der Waals surface area contributed by atoms with Crippen LogP contribution in [-0.4, -0.2) is 0 Å². The fourth-order valence-corrected chi connectivity index (χ4v) is 9.31. The summed E-state index contributed by atoms with van der Waals surface area (Å²) in [5.74, 6) is -0.565. The largest absolute Gasteiger partial charge is 0.207 e. The number of benzene rings is 8. The number of nitrogens with zero attached hydrogens (tertiary/aromatic N) is 6. The Hall–Kier alpha value is -8.34. The summed E-state index contributed by atoms with van der Waals surface area (Å²) >= 11 is 12.0. The summed E-state index contributed by atoms with van der Waals surface area (Å²) < 4.78 is 26.7. The van der Waals surface area contributed by atoms with Gasteiger partial charge in [-0.1, -0.05) is 235 Å². The summed E-state index contributed by atoms with van der Waals surface area (Å²) in [6.45, 7) is 37.8. The second kappa shape index (κ2) is 31.7. The molecule has 0 amide bonds. The minimum absolute atomic E-state index is 0. The molecule has 0 unspecified atom stereocenters. The van der Waals surface area contributed by atoms with E-state index in [0.29, 0.717) is 37.9 Å². The van der Waals surface area contributed by atoms with Crippen LogP contribution >= 0.6 is 23.2 Å². The Morgan fingerprint density at radius 1 is 0.302 bits per heavy atom. The van der Waals surface area contributed by atoms with Crippen LogP contribution in [0.2, 0.25) is 10.0 Å². The summed E-state index contributed by atoms with van der Waals surface area (Å²) in [5, 5.41) is 57.7. The molecule has 0 bridgehead atoms. The van der Waals surface area contributed by atoms with Crippen LogP contribution in [0.1, 0.15) is 206 Å². The molecular weight excluding hydrogens is 1110 g/mol. The Morgan fingerprint density at radius 2 is 0.674 bits per heavy atom. The van der Waals surface area contributed by atoms with Crippen molar-refractivity contribution in [2.75, 3.05) is 0 Å². The number of fused-ring (bicyclic) bond motifs is 2. The lowest BCUT2D eigenvalue weighted by atomic mass is 9.83. The van der Waals surface area contributed by atoms with E-state index < -0.39 is 0 Å². The van der Waals surface area contributed by atoms with Crippen molar-refractivity contribution in [3.05, 3.63) is 234 Å². The zero-order valence-corrected chi connectivity index (χ0v) is 53.6. The first-order valence-corrected chi connectivity index (χ1v) is 28.3. The van der Waals surface area contributed by atoms with Gasteiger partial charge < -0.3 is 0 Å². The van der Waals surface area contributed by atoms with E-state index in [1.807, 2.05) is 106 Å². The normalized spacial score (nSPS) is 10.9. The number of nitriles is 6. The lowest BCUT2D eigenvalue weighted by molar-refractivity contribution is 0.522. The molecule has 0 aromatic heterocycles. The second-order valence-corrected chi connectivity index (χ2v) is 27.2. The lowest BCUT2D eigenvalue weighted by Gasteiger charge is -2.21. The minimum Gasteiger partial charge on any atom is -0.207 e. The number of hydrogen-bond acceptors (Lipinski definition) is 6. The summed E-state index contributed by atoms with van der Waals surface area (Å²) in [6, 6.07) is 56.3. The number of rotatable bonds is 0. The van der Waals surface area contributed by atoms with Crippen LogP contribution < -0.4 is 0 Å². The Kier molecular flexibility index (Phi) is 27.9. The molecule has 0 atom stereocenters. The van der Waals surface area contributed by atoms with E-state index >= 15 is 0 Å². The molecule has 0 heterocycles. The molecule has 0 radical (unpaired) electrons. The van der Waals surface area contributed by atoms with E-state index in [1.54, 1.807) is 42.5 Å². The van der Waals surface area contributed by atoms with Gasteiger partial charge in [-0.15, -0.1) is 0 Å². The van der Waals surface area contributed by atoms with Gasteiger partial charge in [-0.2, -0.15) is 31.6 Å². The molecular formula is C76H86Cl2F2N6. The third-order valence-electron chi connectivity index (χ3n) is 13.4. The van der Waals surface area contributed by atoms with Crippen molar-refractivity contribution in [2.45, 2.75) is 172 Å². The topological polar surface area (TPSA) is 143 Å². The predicted octanol–water partition coefficient (Wildman–Crippen LogP) is 22.3. The van der Waals surface area contributed by atoms with E-state index in [4.69, 9.17) is 54.8 Å². The van der Waals surface area contributed by atoms with Crippen molar-refractivity contribution < 1.29 is 8.78 Å². The summed E-state index contributed by atoms with van der Waals surface area (Å²) in [6.07, 6.45) is 0. The number of hydrogen-bond donors (Lipinski definition) is 0. The smallest absolute Gasteiger partial charge is 0.128 e. The van der Waals surface area contributed by atoms with Gasteiger partial charge in [-0.05, 0) is 160 Å². The molecule has 6 nitrogen and oxygen atoms in total. The Labute approximate surface area is 524 Å². The van der Waals surface area contributed by atoms with Crippen LogP contribution in [0, 0.1) is 79.6 Å². The van der Waals surface area contributed by atoms with E-state index in [2.05, 4.69) is 140 Å². The molecule has 8 rings (SSSR count). The van der Waals surface area contributed by atoms with E-state index in [9.17, 15) is 8.78 Å². The molecule has 0 aliphatic carbocycles. The fourth-order valence-electron chi connectivity index (χ4n) is 8.63. The van der Waals surface area contributed by atoms with Gasteiger partial charge in [0.15, 0.2) is 0 Å². The molecule has 0 spiro atoms. The summed E-state index contributed by atoms with van der Waals surface area (Å²) in [5.41, 5.74) is 10.2. The maximum absolute atomic E-state index is 13.4. The molecule has 0 saturated carbocycles. The zero-order chi connectivity index (χ0) is 63.8. The highest BCUT2D eigenvalue weighted by atomic mass is 35.5. The summed E-state index contributed by atoms with van der Waals surface area (Å²) in [4.78, 5) is 0. The van der Waals surface area contributed by atoms with Crippen molar-refractivity contribution in [3.8, 4) is 36.4 Å². The molecule has 0 saturated heterocycles. The molecule has 86 heavy (non-hydrogen) atoms. The summed E-state index contributed by atoms with van der Waals surface area (Å²) in [7, 11) is 0. The predicted molar refractivity (Wildman–Crippen MR) is 358 cm³/mol. The van der Waals surface area contributed by atoms with Gasteiger partial charge in [0.2, 0.25) is 0 Å². The first kappa shape index (κ1) is 75.7. The van der Waals surface area contributed by atoms with E-state index in [1.165, 1.54) is 34.7 Å². The highest BCUT2D eigenvalue weighted by Crippen LogP contribution is 2.35. The van der Waals surface area contributed by atoms with Crippen LogP contribution in [0.15, 0.2) is 146 Å². The molecule has 0 aliphatic heterocycles. The van der Waals surface area contributed by atoms with E-state index in [0.717, 1.165) is 44.0 Å². The molecule has 8 aromatic rings.